The van der Waals surface area contributed by atoms with Crippen molar-refractivity contribution in [3.8, 4) is 0 Å². The van der Waals surface area contributed by atoms with Crippen LogP contribution in [0, 0.1) is 24.6 Å². The number of anilines is 1. The van der Waals surface area contributed by atoms with Gasteiger partial charge in [-0.2, -0.15) is 0 Å². The number of rotatable bonds is 3. The van der Waals surface area contributed by atoms with Crippen molar-refractivity contribution in [1.29, 1.82) is 0 Å². The summed E-state index contributed by atoms with van der Waals surface area (Å²) < 4.78 is 18.6. The van der Waals surface area contributed by atoms with Gasteiger partial charge in [-0.25, -0.2) is 9.18 Å². The lowest BCUT2D eigenvalue weighted by molar-refractivity contribution is -0.148. The number of halogens is 1. The molecule has 2 bridgehead atoms. The van der Waals surface area contributed by atoms with E-state index in [1.807, 2.05) is 13.0 Å². The van der Waals surface area contributed by atoms with Crippen LogP contribution in [-0.4, -0.2) is 18.6 Å². The molecule has 0 aromatic heterocycles. The Morgan fingerprint density at radius 3 is 2.75 bits per heavy atom. The average molecular weight is 277 g/mol. The van der Waals surface area contributed by atoms with Crippen LogP contribution in [0.1, 0.15) is 31.2 Å². The van der Waals surface area contributed by atoms with E-state index in [9.17, 15) is 9.18 Å². The van der Waals surface area contributed by atoms with Crippen molar-refractivity contribution in [2.75, 3.05) is 12.4 Å². The molecule has 108 valence electrons. The quantitative estimate of drug-likeness (QED) is 0.862. The first-order chi connectivity index (χ1) is 9.53. The van der Waals surface area contributed by atoms with Crippen LogP contribution in [0.5, 0.6) is 0 Å². The van der Waals surface area contributed by atoms with Crippen molar-refractivity contribution < 1.29 is 13.9 Å². The van der Waals surface area contributed by atoms with Gasteiger partial charge in [-0.1, -0.05) is 0 Å². The summed E-state index contributed by atoms with van der Waals surface area (Å²) in [4.78, 5) is 12.3. The summed E-state index contributed by atoms with van der Waals surface area (Å²) in [5.74, 6) is 0.382. The zero-order valence-electron chi connectivity index (χ0n) is 11.9. The van der Waals surface area contributed by atoms with E-state index in [1.165, 1.54) is 25.7 Å². The molecular weight excluding hydrogens is 257 g/mol. The standard InChI is InChI=1S/C16H20FNO2/c1-10-5-13(17)8-14(6-10)18-16(15(19)20-2)9-11-3-4-12(16)7-11/h5-6,8,11-12,18H,3-4,7,9H2,1-2H3. The first-order valence-electron chi connectivity index (χ1n) is 7.17. The van der Waals surface area contributed by atoms with E-state index in [0.717, 1.165) is 24.8 Å². The molecule has 0 aliphatic heterocycles. The van der Waals surface area contributed by atoms with Gasteiger partial charge >= 0.3 is 5.97 Å². The Morgan fingerprint density at radius 2 is 2.20 bits per heavy atom. The second-order valence-corrected chi connectivity index (χ2v) is 6.19. The maximum absolute atomic E-state index is 13.5. The second-order valence-electron chi connectivity index (χ2n) is 6.19. The first kappa shape index (κ1) is 13.4. The molecule has 2 aliphatic carbocycles. The number of esters is 1. The van der Waals surface area contributed by atoms with Crippen molar-refractivity contribution in [2.45, 2.75) is 38.1 Å². The SMILES string of the molecule is COC(=O)C1(Nc2cc(C)cc(F)c2)CC2CCC1C2. The zero-order chi connectivity index (χ0) is 14.3. The van der Waals surface area contributed by atoms with Gasteiger partial charge in [0.1, 0.15) is 11.4 Å². The molecule has 0 amide bonds. The third-order valence-corrected chi connectivity index (χ3v) is 4.81. The largest absolute Gasteiger partial charge is 0.467 e. The minimum atomic E-state index is -0.669. The number of hydrogen-bond donors (Lipinski definition) is 1. The summed E-state index contributed by atoms with van der Waals surface area (Å²) >= 11 is 0. The molecule has 1 aromatic carbocycles. The molecule has 3 nitrogen and oxygen atoms in total. The Balaban J connectivity index is 1.93. The number of benzene rings is 1. The smallest absolute Gasteiger partial charge is 0.331 e. The molecule has 2 aliphatic rings. The van der Waals surface area contributed by atoms with Crippen LogP contribution in [0.2, 0.25) is 0 Å². The number of ether oxygens (including phenoxy) is 1. The molecule has 20 heavy (non-hydrogen) atoms. The topological polar surface area (TPSA) is 38.3 Å². The van der Waals surface area contributed by atoms with Crippen molar-refractivity contribution in [3.63, 3.8) is 0 Å². The number of hydrogen-bond acceptors (Lipinski definition) is 3. The molecule has 2 fully saturated rings. The normalized spacial score (nSPS) is 31.4. The Bertz CT molecular complexity index is 525. The predicted molar refractivity (Wildman–Crippen MR) is 75.0 cm³/mol. The van der Waals surface area contributed by atoms with Gasteiger partial charge in [0.15, 0.2) is 0 Å². The maximum atomic E-state index is 13.5. The Hall–Kier alpha value is -1.58. The van der Waals surface area contributed by atoms with Crippen LogP contribution < -0.4 is 5.32 Å². The molecule has 0 saturated heterocycles. The van der Waals surface area contributed by atoms with Gasteiger partial charge in [0.05, 0.1) is 7.11 Å². The molecule has 0 heterocycles. The number of methoxy groups -OCH3 is 1. The highest BCUT2D eigenvalue weighted by molar-refractivity contribution is 5.86. The monoisotopic (exact) mass is 277 g/mol. The zero-order valence-corrected chi connectivity index (χ0v) is 11.9. The van der Waals surface area contributed by atoms with E-state index in [1.54, 1.807) is 0 Å². The summed E-state index contributed by atoms with van der Waals surface area (Å²) in [6.07, 6.45) is 4.09. The highest BCUT2D eigenvalue weighted by Gasteiger charge is 2.56. The highest BCUT2D eigenvalue weighted by Crippen LogP contribution is 2.52. The van der Waals surface area contributed by atoms with Gasteiger partial charge in [0.2, 0.25) is 0 Å². The number of carbonyl (C=O) groups is 1. The van der Waals surface area contributed by atoms with Gasteiger partial charge in [-0.05, 0) is 68.2 Å². The van der Waals surface area contributed by atoms with Crippen LogP contribution in [-0.2, 0) is 9.53 Å². The second kappa shape index (κ2) is 4.76. The Morgan fingerprint density at radius 1 is 1.40 bits per heavy atom. The predicted octanol–water partition coefficient (Wildman–Crippen LogP) is 3.28. The van der Waals surface area contributed by atoms with Gasteiger partial charge in [0, 0.05) is 5.69 Å². The molecule has 4 heteroatoms. The molecular formula is C16H20FNO2. The van der Waals surface area contributed by atoms with Gasteiger partial charge in [0.25, 0.3) is 0 Å². The third kappa shape index (κ3) is 2.07. The van der Waals surface area contributed by atoms with Gasteiger partial charge in [-0.15, -0.1) is 0 Å². The molecule has 2 saturated carbocycles. The van der Waals surface area contributed by atoms with Crippen molar-refractivity contribution in [1.82, 2.24) is 0 Å². The number of nitrogens with one attached hydrogen (secondary N) is 1. The van der Waals surface area contributed by atoms with E-state index in [2.05, 4.69) is 5.32 Å². The number of fused-ring (bicyclic) bond motifs is 2. The van der Waals surface area contributed by atoms with E-state index in [0.29, 0.717) is 17.5 Å². The lowest BCUT2D eigenvalue weighted by Gasteiger charge is -2.36. The fourth-order valence-corrected chi connectivity index (χ4v) is 4.03. The molecule has 0 radical (unpaired) electrons. The summed E-state index contributed by atoms with van der Waals surface area (Å²) in [6, 6.07) is 4.81. The molecule has 1 aromatic rings. The van der Waals surface area contributed by atoms with Crippen LogP contribution in [0.4, 0.5) is 10.1 Å². The Labute approximate surface area is 118 Å². The summed E-state index contributed by atoms with van der Waals surface area (Å²) in [6.45, 7) is 1.85. The van der Waals surface area contributed by atoms with Crippen LogP contribution in [0.25, 0.3) is 0 Å². The minimum absolute atomic E-state index is 0.216. The average Bonchev–Trinajstić information content (AvgIpc) is 2.97. The lowest BCUT2D eigenvalue weighted by Crippen LogP contribution is -2.51. The molecule has 3 unspecified atom stereocenters. The number of aryl methyl sites for hydroxylation is 1. The summed E-state index contributed by atoms with van der Waals surface area (Å²) in [7, 11) is 1.43. The number of carbonyl (C=O) groups excluding carboxylic acids is 1. The maximum Gasteiger partial charge on any atom is 0.331 e. The minimum Gasteiger partial charge on any atom is -0.467 e. The first-order valence-corrected chi connectivity index (χ1v) is 7.17. The third-order valence-electron chi connectivity index (χ3n) is 4.81. The van der Waals surface area contributed by atoms with Crippen LogP contribution >= 0.6 is 0 Å². The van der Waals surface area contributed by atoms with Crippen molar-refractivity contribution in [2.24, 2.45) is 11.8 Å². The Kier molecular flexibility index (Phi) is 3.19. The van der Waals surface area contributed by atoms with Crippen LogP contribution in [0.3, 0.4) is 0 Å². The van der Waals surface area contributed by atoms with E-state index in [-0.39, 0.29) is 11.8 Å². The molecule has 0 spiro atoms. The van der Waals surface area contributed by atoms with Crippen molar-refractivity contribution in [3.05, 3.63) is 29.6 Å². The van der Waals surface area contributed by atoms with E-state index < -0.39 is 5.54 Å². The van der Waals surface area contributed by atoms with Gasteiger partial charge in [-0.3, -0.25) is 0 Å². The summed E-state index contributed by atoms with van der Waals surface area (Å²) in [5.41, 5.74) is 0.842. The molecule has 3 rings (SSSR count). The molecule has 3 atom stereocenters. The fraction of sp³-hybridized carbons (Fsp3) is 0.562. The van der Waals surface area contributed by atoms with E-state index >= 15 is 0 Å². The van der Waals surface area contributed by atoms with Gasteiger partial charge < -0.3 is 10.1 Å². The lowest BCUT2D eigenvalue weighted by atomic mass is 9.80. The fourth-order valence-electron chi connectivity index (χ4n) is 4.03. The highest BCUT2D eigenvalue weighted by atomic mass is 19.1. The molecule has 1 N–H and O–H groups in total. The van der Waals surface area contributed by atoms with Crippen LogP contribution in [0.15, 0.2) is 18.2 Å². The van der Waals surface area contributed by atoms with Crippen molar-refractivity contribution >= 4 is 11.7 Å². The summed E-state index contributed by atoms with van der Waals surface area (Å²) in [5, 5.41) is 3.30. The van der Waals surface area contributed by atoms with E-state index in [4.69, 9.17) is 4.74 Å².